The van der Waals surface area contributed by atoms with E-state index in [4.69, 9.17) is 10.2 Å². The van der Waals surface area contributed by atoms with Crippen LogP contribution in [-0.2, 0) is 11.2 Å². The highest BCUT2D eigenvalue weighted by Gasteiger charge is 2.28. The van der Waals surface area contributed by atoms with Crippen molar-refractivity contribution in [1.29, 1.82) is 0 Å². The molecule has 0 fully saturated rings. The molecular weight excluding hydrogens is 505 g/mol. The van der Waals surface area contributed by atoms with Gasteiger partial charge in [0, 0.05) is 28.6 Å². The van der Waals surface area contributed by atoms with Crippen LogP contribution in [0.4, 0.5) is 18.3 Å². The molecule has 5 nitrogen and oxygen atoms in total. The first-order chi connectivity index (χ1) is 16.1. The Labute approximate surface area is 211 Å². The molecule has 0 aliphatic heterocycles. The number of thiazole rings is 1. The number of allylic oxidation sites excluding steroid dienone is 1. The fraction of sp³-hybridized carbons (Fsp3) is 0.391. The molecule has 0 bridgehead atoms. The third-order valence-corrected chi connectivity index (χ3v) is 6.14. The Morgan fingerprint density at radius 2 is 1.85 bits per heavy atom. The lowest BCUT2D eigenvalue weighted by molar-refractivity contribution is -0.107. The number of thioether (sulfide) groups is 2. The normalized spacial score (nSPS) is 11.7. The summed E-state index contributed by atoms with van der Waals surface area (Å²) in [6.07, 6.45) is 7.83. The van der Waals surface area contributed by atoms with Gasteiger partial charge in [-0.1, -0.05) is 25.1 Å². The van der Waals surface area contributed by atoms with Gasteiger partial charge in [-0.05, 0) is 60.7 Å². The van der Waals surface area contributed by atoms with Crippen molar-refractivity contribution in [3.8, 4) is 0 Å². The molecule has 2 aromatic rings. The number of aliphatic hydroxyl groups excluding tert-OH is 2. The number of rotatable bonds is 9. The molecular formula is C23H31F3N2O3S3. The minimum atomic E-state index is -4.26. The molecule has 0 saturated heterocycles. The lowest BCUT2D eigenvalue weighted by Crippen LogP contribution is -1.98. The van der Waals surface area contributed by atoms with Crippen LogP contribution in [0.2, 0.25) is 0 Å². The summed E-state index contributed by atoms with van der Waals surface area (Å²) in [5.41, 5.74) is -1.73. The van der Waals surface area contributed by atoms with Gasteiger partial charge in [0.05, 0.1) is 18.9 Å². The fourth-order valence-corrected chi connectivity index (χ4v) is 3.76. The van der Waals surface area contributed by atoms with E-state index in [2.05, 4.69) is 17.2 Å². The summed E-state index contributed by atoms with van der Waals surface area (Å²) in [6.45, 7) is 4.21. The molecule has 0 amide bonds. The molecule has 0 saturated carbocycles. The van der Waals surface area contributed by atoms with Crippen molar-refractivity contribution < 1.29 is 28.2 Å². The maximum absolute atomic E-state index is 11.9. The number of nitrogens with one attached hydrogen (secondary N) is 1. The Balaban J connectivity index is 0.000000500. The Morgan fingerprint density at radius 1 is 1.21 bits per heavy atom. The SMILES string of the molecule is CC/C=C(\CO)SC.CNc1nc(/C=C(/C)CO)cs1.O=CCc1ccc(SC(F)(F)F)cc1. The van der Waals surface area contributed by atoms with E-state index in [1.54, 1.807) is 23.1 Å². The van der Waals surface area contributed by atoms with Crippen molar-refractivity contribution in [2.75, 3.05) is 31.8 Å². The first kappa shape index (κ1) is 32.2. The first-order valence-corrected chi connectivity index (χ1v) is 13.1. The van der Waals surface area contributed by atoms with Crippen LogP contribution < -0.4 is 5.32 Å². The van der Waals surface area contributed by atoms with Gasteiger partial charge in [0.2, 0.25) is 0 Å². The molecule has 1 aromatic heterocycles. The quantitative estimate of drug-likeness (QED) is 0.258. The molecule has 0 spiro atoms. The number of aromatic nitrogens is 1. The highest BCUT2D eigenvalue weighted by Crippen LogP contribution is 2.36. The van der Waals surface area contributed by atoms with Crippen LogP contribution in [0.3, 0.4) is 0 Å². The molecule has 2 rings (SSSR count). The van der Waals surface area contributed by atoms with Gasteiger partial charge in [-0.25, -0.2) is 4.98 Å². The number of carbonyl (C=O) groups excluding carboxylic acids is 1. The van der Waals surface area contributed by atoms with Gasteiger partial charge in [-0.2, -0.15) is 13.2 Å². The third kappa shape index (κ3) is 15.9. The van der Waals surface area contributed by atoms with Crippen molar-refractivity contribution in [3.63, 3.8) is 0 Å². The Morgan fingerprint density at radius 3 is 2.24 bits per heavy atom. The van der Waals surface area contributed by atoms with E-state index in [1.165, 1.54) is 24.3 Å². The number of aldehydes is 1. The Kier molecular flexibility index (Phi) is 17.6. The zero-order valence-electron chi connectivity index (χ0n) is 19.6. The molecule has 11 heteroatoms. The lowest BCUT2D eigenvalue weighted by atomic mass is 10.2. The summed E-state index contributed by atoms with van der Waals surface area (Å²) in [6, 6.07) is 5.75. The molecule has 0 aliphatic rings. The predicted octanol–water partition coefficient (Wildman–Crippen LogP) is 6.26. The standard InChI is InChI=1S/C9H7F3OS.C8H12N2OS.C6H12OS/c10-9(11,12)14-8-3-1-7(2-4-8)5-6-13;1-6(4-11)3-7-5-12-8(9-2)10-7;1-3-4-6(5-7)8-2/h1-4,6H,5H2;3,5,11H,4H2,1-2H3,(H,9,10);4,7H,3,5H2,1-2H3/b;6-3-;6-4+. The molecule has 0 unspecified atom stereocenters. The maximum Gasteiger partial charge on any atom is 0.446 e. The van der Waals surface area contributed by atoms with Crippen molar-refractivity contribution in [2.45, 2.75) is 37.1 Å². The van der Waals surface area contributed by atoms with Gasteiger partial charge in [0.1, 0.15) is 6.29 Å². The monoisotopic (exact) mass is 536 g/mol. The maximum atomic E-state index is 11.9. The second-order valence-electron chi connectivity index (χ2n) is 6.48. The first-order valence-electron chi connectivity index (χ1n) is 10.2. The lowest BCUT2D eigenvalue weighted by Gasteiger charge is -2.05. The fourth-order valence-electron chi connectivity index (χ4n) is 2.13. The average molecular weight is 537 g/mol. The van der Waals surface area contributed by atoms with E-state index >= 15 is 0 Å². The van der Waals surface area contributed by atoms with E-state index < -0.39 is 5.51 Å². The summed E-state index contributed by atoms with van der Waals surface area (Å²) >= 11 is 3.00. The number of aliphatic hydroxyl groups is 2. The highest BCUT2D eigenvalue weighted by atomic mass is 32.2. The number of alkyl halides is 3. The van der Waals surface area contributed by atoms with Crippen LogP contribution in [0, 0.1) is 0 Å². The zero-order valence-corrected chi connectivity index (χ0v) is 22.0. The van der Waals surface area contributed by atoms with Crippen LogP contribution in [0.5, 0.6) is 0 Å². The van der Waals surface area contributed by atoms with Crippen molar-refractivity contribution in [1.82, 2.24) is 4.98 Å². The summed E-state index contributed by atoms with van der Waals surface area (Å²) in [5, 5.41) is 23.1. The number of anilines is 1. The molecule has 190 valence electrons. The number of benzene rings is 1. The van der Waals surface area contributed by atoms with E-state index in [1.807, 2.05) is 37.8 Å². The number of hydrogen-bond acceptors (Lipinski definition) is 8. The summed E-state index contributed by atoms with van der Waals surface area (Å²) < 4.78 is 35.7. The molecule has 0 aliphatic carbocycles. The predicted molar refractivity (Wildman–Crippen MR) is 139 cm³/mol. The van der Waals surface area contributed by atoms with E-state index in [9.17, 15) is 18.0 Å². The van der Waals surface area contributed by atoms with Gasteiger partial charge < -0.3 is 20.3 Å². The number of hydrogen-bond donors (Lipinski definition) is 3. The van der Waals surface area contributed by atoms with Crippen molar-refractivity contribution in [3.05, 3.63) is 57.5 Å². The van der Waals surface area contributed by atoms with Crippen LogP contribution in [-0.4, -0.2) is 53.5 Å². The molecule has 1 heterocycles. The van der Waals surface area contributed by atoms with E-state index in [-0.39, 0.29) is 36.3 Å². The molecule has 0 atom stereocenters. The zero-order chi connectivity index (χ0) is 26.0. The Hall–Kier alpha value is -1.79. The van der Waals surface area contributed by atoms with Crippen LogP contribution >= 0.6 is 34.9 Å². The number of halogens is 3. The van der Waals surface area contributed by atoms with Gasteiger partial charge in [0.15, 0.2) is 5.13 Å². The largest absolute Gasteiger partial charge is 0.446 e. The van der Waals surface area contributed by atoms with Gasteiger partial charge in [-0.15, -0.1) is 23.1 Å². The average Bonchev–Trinajstić information content (AvgIpc) is 3.26. The van der Waals surface area contributed by atoms with Crippen LogP contribution in [0.15, 0.2) is 51.1 Å². The minimum Gasteiger partial charge on any atom is -0.392 e. The van der Waals surface area contributed by atoms with Gasteiger partial charge in [-0.3, -0.25) is 0 Å². The van der Waals surface area contributed by atoms with Crippen LogP contribution in [0.1, 0.15) is 31.5 Å². The molecule has 0 radical (unpaired) electrons. The summed E-state index contributed by atoms with van der Waals surface area (Å²) in [5.74, 6) is 0. The molecule has 1 aromatic carbocycles. The minimum absolute atomic E-state index is 0.0897. The van der Waals surface area contributed by atoms with Crippen molar-refractivity contribution >= 4 is 52.4 Å². The number of nitrogens with zero attached hydrogens (tertiary/aromatic N) is 1. The summed E-state index contributed by atoms with van der Waals surface area (Å²) in [7, 11) is 1.84. The van der Waals surface area contributed by atoms with E-state index in [0.29, 0.717) is 11.8 Å². The van der Waals surface area contributed by atoms with Crippen molar-refractivity contribution in [2.24, 2.45) is 0 Å². The second-order valence-corrected chi connectivity index (χ2v) is 9.41. The second kappa shape index (κ2) is 18.5. The number of carbonyl (C=O) groups is 1. The molecule has 34 heavy (non-hydrogen) atoms. The van der Waals surface area contributed by atoms with Crippen LogP contribution in [0.25, 0.3) is 6.08 Å². The van der Waals surface area contributed by atoms with Gasteiger partial charge in [0.25, 0.3) is 0 Å². The highest BCUT2D eigenvalue weighted by molar-refractivity contribution is 8.02. The topological polar surface area (TPSA) is 82.4 Å². The summed E-state index contributed by atoms with van der Waals surface area (Å²) in [4.78, 5) is 15.5. The van der Waals surface area contributed by atoms with Gasteiger partial charge >= 0.3 is 5.51 Å². The molecule has 3 N–H and O–H groups in total. The smallest absolute Gasteiger partial charge is 0.392 e. The van der Waals surface area contributed by atoms with E-state index in [0.717, 1.165) is 27.7 Å². The third-order valence-electron chi connectivity index (χ3n) is 3.71. The Bertz CT molecular complexity index is 878.